The first-order valence-electron chi connectivity index (χ1n) is 5.43. The first-order chi connectivity index (χ1) is 8.88. The Bertz CT molecular complexity index is 667. The van der Waals surface area contributed by atoms with Crippen LogP contribution in [-0.2, 0) is 4.79 Å². The number of nitro groups is 1. The van der Waals surface area contributed by atoms with E-state index >= 15 is 0 Å². The van der Waals surface area contributed by atoms with Gasteiger partial charge in [0, 0.05) is 6.07 Å². The fourth-order valence-corrected chi connectivity index (χ4v) is 2.48. The normalized spacial score (nSPS) is 12.3. The largest absolute Gasteiger partial charge is 0.480 e. The van der Waals surface area contributed by atoms with Gasteiger partial charge < -0.3 is 10.4 Å². The lowest BCUT2D eigenvalue weighted by atomic mass is 10.2. The lowest BCUT2D eigenvalue weighted by Crippen LogP contribution is -2.25. The molecule has 0 spiro atoms. The number of carboxylic acids is 1. The zero-order valence-corrected chi connectivity index (χ0v) is 11.0. The summed E-state index contributed by atoms with van der Waals surface area (Å²) in [6.45, 7) is 3.23. The maximum absolute atomic E-state index is 11.0. The molecule has 19 heavy (non-hydrogen) atoms. The Morgan fingerprint density at radius 1 is 1.58 bits per heavy atom. The van der Waals surface area contributed by atoms with Gasteiger partial charge in [-0.25, -0.2) is 4.98 Å². The second-order valence-electron chi connectivity index (χ2n) is 4.03. The molecule has 2 aromatic rings. The van der Waals surface area contributed by atoms with Crippen molar-refractivity contribution in [3.8, 4) is 0 Å². The molecule has 7 nitrogen and oxygen atoms in total. The summed E-state index contributed by atoms with van der Waals surface area (Å²) in [5.74, 6) is -1.08. The second-order valence-corrected chi connectivity index (χ2v) is 5.27. The van der Waals surface area contributed by atoms with Gasteiger partial charge >= 0.3 is 5.97 Å². The molecular formula is C11H11N3O4S. The van der Waals surface area contributed by atoms with E-state index in [1.54, 1.807) is 0 Å². The number of aliphatic carboxylic acids is 1. The quantitative estimate of drug-likeness (QED) is 0.658. The molecule has 0 aliphatic rings. The number of nitro benzene ring substituents is 1. The van der Waals surface area contributed by atoms with E-state index in [4.69, 9.17) is 5.11 Å². The Morgan fingerprint density at radius 3 is 2.84 bits per heavy atom. The van der Waals surface area contributed by atoms with Crippen molar-refractivity contribution in [3.63, 3.8) is 0 Å². The standard InChI is InChI=1S/C11H11N3O4S/c1-5(11(15)16)12-7-3-8-10(19-6(2)13-8)4-9(7)14(17)18/h3-5,12H,1-2H3,(H,15,16). The van der Waals surface area contributed by atoms with E-state index < -0.39 is 16.9 Å². The molecule has 0 saturated carbocycles. The minimum absolute atomic E-state index is 0.149. The summed E-state index contributed by atoms with van der Waals surface area (Å²) >= 11 is 1.36. The van der Waals surface area contributed by atoms with Crippen LogP contribution in [0.1, 0.15) is 11.9 Å². The number of anilines is 1. The molecule has 2 rings (SSSR count). The molecule has 0 fully saturated rings. The summed E-state index contributed by atoms with van der Waals surface area (Å²) in [4.78, 5) is 25.5. The van der Waals surface area contributed by atoms with Crippen molar-refractivity contribution in [3.05, 3.63) is 27.3 Å². The molecule has 0 bridgehead atoms. The molecule has 1 atom stereocenters. The Hall–Kier alpha value is -2.22. The second kappa shape index (κ2) is 4.81. The van der Waals surface area contributed by atoms with E-state index in [2.05, 4.69) is 10.3 Å². The van der Waals surface area contributed by atoms with E-state index in [1.165, 1.54) is 30.4 Å². The third-order valence-corrected chi connectivity index (χ3v) is 3.49. The minimum atomic E-state index is -1.08. The summed E-state index contributed by atoms with van der Waals surface area (Å²) < 4.78 is 0.706. The van der Waals surface area contributed by atoms with E-state index in [0.29, 0.717) is 10.2 Å². The van der Waals surface area contributed by atoms with Gasteiger partial charge in [0.05, 0.1) is 20.1 Å². The average Bonchev–Trinajstić information content (AvgIpc) is 2.66. The number of benzene rings is 1. The van der Waals surface area contributed by atoms with Gasteiger partial charge in [0.2, 0.25) is 0 Å². The summed E-state index contributed by atoms with van der Waals surface area (Å²) in [7, 11) is 0. The van der Waals surface area contributed by atoms with Crippen molar-refractivity contribution in [2.24, 2.45) is 0 Å². The van der Waals surface area contributed by atoms with Gasteiger partial charge in [-0.05, 0) is 19.9 Å². The third-order valence-electron chi connectivity index (χ3n) is 2.55. The molecule has 0 amide bonds. The number of carboxylic acid groups (broad SMARTS) is 1. The Labute approximate surface area is 112 Å². The highest BCUT2D eigenvalue weighted by Crippen LogP contribution is 2.33. The summed E-state index contributed by atoms with van der Waals surface area (Å²) in [5, 5.41) is 23.3. The van der Waals surface area contributed by atoms with Crippen LogP contribution in [0.4, 0.5) is 11.4 Å². The molecule has 2 N–H and O–H groups in total. The van der Waals surface area contributed by atoms with Gasteiger partial charge in [-0.2, -0.15) is 0 Å². The van der Waals surface area contributed by atoms with Gasteiger partial charge in [-0.15, -0.1) is 11.3 Å². The SMILES string of the molecule is Cc1nc2cc(NC(C)C(=O)O)c([N+](=O)[O-])cc2s1. The predicted octanol–water partition coefficient (Wildman–Crippen LogP) is 2.40. The van der Waals surface area contributed by atoms with Crippen molar-refractivity contribution >= 4 is 38.9 Å². The maximum Gasteiger partial charge on any atom is 0.325 e. The van der Waals surface area contributed by atoms with Crippen molar-refractivity contribution < 1.29 is 14.8 Å². The van der Waals surface area contributed by atoms with Gasteiger partial charge in [0.1, 0.15) is 11.7 Å². The van der Waals surface area contributed by atoms with Crippen LogP contribution in [0.25, 0.3) is 10.2 Å². The average molecular weight is 281 g/mol. The first kappa shape index (κ1) is 13.2. The van der Waals surface area contributed by atoms with E-state index in [0.717, 1.165) is 5.01 Å². The summed E-state index contributed by atoms with van der Waals surface area (Å²) in [5.41, 5.74) is 0.634. The third kappa shape index (κ3) is 2.63. The topological polar surface area (TPSA) is 105 Å². The number of thiazole rings is 1. The molecule has 0 radical (unpaired) electrons. The highest BCUT2D eigenvalue weighted by Gasteiger charge is 2.20. The predicted molar refractivity (Wildman–Crippen MR) is 71.7 cm³/mol. The zero-order chi connectivity index (χ0) is 14.2. The molecule has 0 saturated heterocycles. The number of carbonyl (C=O) groups is 1. The van der Waals surface area contributed by atoms with Gasteiger partial charge in [-0.1, -0.05) is 0 Å². The molecular weight excluding hydrogens is 270 g/mol. The Kier molecular flexibility index (Phi) is 3.34. The van der Waals surface area contributed by atoms with Crippen LogP contribution in [0.3, 0.4) is 0 Å². The lowest BCUT2D eigenvalue weighted by Gasteiger charge is -2.10. The molecule has 100 valence electrons. The number of aryl methyl sites for hydroxylation is 1. The first-order valence-corrected chi connectivity index (χ1v) is 6.25. The van der Waals surface area contributed by atoms with Gasteiger partial charge in [-0.3, -0.25) is 14.9 Å². The minimum Gasteiger partial charge on any atom is -0.480 e. The molecule has 1 heterocycles. The van der Waals surface area contributed by atoms with Crippen molar-refractivity contribution in [1.82, 2.24) is 4.98 Å². The monoisotopic (exact) mass is 281 g/mol. The number of fused-ring (bicyclic) bond motifs is 1. The van der Waals surface area contributed by atoms with Crippen LogP contribution in [0.15, 0.2) is 12.1 Å². The number of aromatic nitrogens is 1. The van der Waals surface area contributed by atoms with E-state index in [9.17, 15) is 14.9 Å². The molecule has 1 aromatic carbocycles. The van der Waals surface area contributed by atoms with Crippen LogP contribution in [-0.4, -0.2) is 27.0 Å². The number of rotatable bonds is 4. The fourth-order valence-electron chi connectivity index (χ4n) is 1.64. The zero-order valence-electron chi connectivity index (χ0n) is 10.2. The van der Waals surface area contributed by atoms with Crippen LogP contribution in [0.5, 0.6) is 0 Å². The molecule has 1 unspecified atom stereocenters. The van der Waals surface area contributed by atoms with E-state index in [1.807, 2.05) is 6.92 Å². The Balaban J connectivity index is 2.53. The highest BCUT2D eigenvalue weighted by molar-refractivity contribution is 7.18. The number of nitrogens with zero attached hydrogens (tertiary/aromatic N) is 2. The smallest absolute Gasteiger partial charge is 0.325 e. The van der Waals surface area contributed by atoms with Crippen LogP contribution in [0.2, 0.25) is 0 Å². The van der Waals surface area contributed by atoms with Crippen LogP contribution in [0, 0.1) is 17.0 Å². The molecule has 0 aliphatic carbocycles. The molecule has 8 heteroatoms. The van der Waals surface area contributed by atoms with Crippen molar-refractivity contribution in [2.45, 2.75) is 19.9 Å². The number of hydrogen-bond acceptors (Lipinski definition) is 6. The molecule has 0 aliphatic heterocycles. The molecule has 1 aromatic heterocycles. The van der Waals surface area contributed by atoms with Crippen molar-refractivity contribution in [1.29, 1.82) is 0 Å². The maximum atomic E-state index is 11.0. The van der Waals surface area contributed by atoms with Crippen LogP contribution >= 0.6 is 11.3 Å². The van der Waals surface area contributed by atoms with Crippen molar-refractivity contribution in [2.75, 3.05) is 5.32 Å². The summed E-state index contributed by atoms with van der Waals surface area (Å²) in [6, 6.07) is 2.00. The highest BCUT2D eigenvalue weighted by atomic mass is 32.1. The summed E-state index contributed by atoms with van der Waals surface area (Å²) in [6.07, 6.45) is 0. The van der Waals surface area contributed by atoms with Crippen LogP contribution < -0.4 is 5.32 Å². The van der Waals surface area contributed by atoms with Gasteiger partial charge in [0.15, 0.2) is 0 Å². The van der Waals surface area contributed by atoms with E-state index in [-0.39, 0.29) is 11.4 Å². The lowest BCUT2D eigenvalue weighted by molar-refractivity contribution is -0.383. The van der Waals surface area contributed by atoms with Gasteiger partial charge in [0.25, 0.3) is 5.69 Å². The number of nitrogens with one attached hydrogen (secondary N) is 1. The Morgan fingerprint density at radius 2 is 2.26 bits per heavy atom. The fraction of sp³-hybridized carbons (Fsp3) is 0.273. The number of hydrogen-bond donors (Lipinski definition) is 2.